The minimum atomic E-state index is -0.531. The van der Waals surface area contributed by atoms with E-state index in [1.165, 1.54) is 0 Å². The zero-order valence-electron chi connectivity index (χ0n) is 17.3. The van der Waals surface area contributed by atoms with E-state index in [0.29, 0.717) is 17.9 Å². The molecule has 32 heavy (non-hydrogen) atoms. The Balaban J connectivity index is 1.44. The van der Waals surface area contributed by atoms with Crippen molar-refractivity contribution in [1.82, 2.24) is 9.88 Å². The summed E-state index contributed by atoms with van der Waals surface area (Å²) in [6, 6.07) is 19.2. The number of carbonyl (C=O) groups is 2. The van der Waals surface area contributed by atoms with Crippen molar-refractivity contribution in [2.24, 2.45) is 0 Å². The number of amides is 3. The molecule has 3 aromatic rings. The van der Waals surface area contributed by atoms with Gasteiger partial charge in [0.05, 0.1) is 12.6 Å². The summed E-state index contributed by atoms with van der Waals surface area (Å²) >= 11 is 0. The van der Waals surface area contributed by atoms with Gasteiger partial charge >= 0.3 is 6.03 Å². The van der Waals surface area contributed by atoms with Crippen LogP contribution in [0.3, 0.4) is 0 Å². The van der Waals surface area contributed by atoms with Crippen LogP contribution in [0.1, 0.15) is 17.2 Å². The number of benzene rings is 2. The lowest BCUT2D eigenvalue weighted by molar-refractivity contribution is -0.162. The molecule has 2 atom stereocenters. The molecule has 8 nitrogen and oxygen atoms in total. The molecular weight excluding hydrogens is 408 g/mol. The molecule has 1 aliphatic heterocycles. The van der Waals surface area contributed by atoms with Crippen LogP contribution in [0.4, 0.5) is 16.2 Å². The lowest BCUT2D eigenvalue weighted by atomic mass is 9.98. The zero-order chi connectivity index (χ0) is 22.3. The minimum Gasteiger partial charge on any atom is -0.394 e. The SMILES string of the molecule is O=C(Nc1ccccc1)Nc1ccc([C@H]2OCC(=O)N(Cc3cccnc3)[C@@H]2CO)cc1. The van der Waals surface area contributed by atoms with E-state index in [2.05, 4.69) is 15.6 Å². The van der Waals surface area contributed by atoms with Crippen molar-refractivity contribution in [3.8, 4) is 0 Å². The van der Waals surface area contributed by atoms with Crippen LogP contribution in [-0.4, -0.2) is 46.2 Å². The van der Waals surface area contributed by atoms with Crippen LogP contribution >= 0.6 is 0 Å². The van der Waals surface area contributed by atoms with Gasteiger partial charge in [0, 0.05) is 30.3 Å². The molecule has 2 heterocycles. The van der Waals surface area contributed by atoms with Gasteiger partial charge in [-0.2, -0.15) is 0 Å². The molecule has 1 saturated heterocycles. The minimum absolute atomic E-state index is 0.0685. The molecule has 0 bridgehead atoms. The second kappa shape index (κ2) is 10.0. The smallest absolute Gasteiger partial charge is 0.323 e. The third-order valence-electron chi connectivity index (χ3n) is 5.25. The van der Waals surface area contributed by atoms with Gasteiger partial charge in [-0.15, -0.1) is 0 Å². The summed E-state index contributed by atoms with van der Waals surface area (Å²) in [5.74, 6) is -0.181. The molecule has 0 unspecified atom stereocenters. The molecule has 3 N–H and O–H groups in total. The molecule has 1 aliphatic rings. The zero-order valence-corrected chi connectivity index (χ0v) is 17.3. The van der Waals surface area contributed by atoms with E-state index in [4.69, 9.17) is 4.74 Å². The highest BCUT2D eigenvalue weighted by molar-refractivity contribution is 5.99. The Labute approximate surface area is 185 Å². The van der Waals surface area contributed by atoms with Gasteiger partial charge < -0.3 is 25.4 Å². The Morgan fingerprint density at radius 3 is 2.41 bits per heavy atom. The molecule has 0 saturated carbocycles. The van der Waals surface area contributed by atoms with Gasteiger partial charge in [0.2, 0.25) is 5.91 Å². The second-order valence-corrected chi connectivity index (χ2v) is 7.43. The summed E-state index contributed by atoms with van der Waals surface area (Å²) in [7, 11) is 0. The van der Waals surface area contributed by atoms with E-state index in [1.807, 2.05) is 42.5 Å². The molecule has 8 heteroatoms. The molecule has 0 spiro atoms. The van der Waals surface area contributed by atoms with Crippen LogP contribution in [0.5, 0.6) is 0 Å². The lowest BCUT2D eigenvalue weighted by Gasteiger charge is -2.40. The number of ether oxygens (including phenoxy) is 1. The molecule has 2 aromatic carbocycles. The Hall–Kier alpha value is -3.75. The highest BCUT2D eigenvalue weighted by atomic mass is 16.5. The average Bonchev–Trinajstić information content (AvgIpc) is 2.82. The number of urea groups is 1. The quantitative estimate of drug-likeness (QED) is 0.555. The van der Waals surface area contributed by atoms with Crippen molar-refractivity contribution in [2.45, 2.75) is 18.7 Å². The Morgan fingerprint density at radius 1 is 1.03 bits per heavy atom. The van der Waals surface area contributed by atoms with Crippen molar-refractivity contribution >= 4 is 23.3 Å². The Bertz CT molecular complexity index is 1040. The first-order chi connectivity index (χ1) is 15.6. The maximum atomic E-state index is 12.5. The number of aromatic nitrogens is 1. The summed E-state index contributed by atoms with van der Waals surface area (Å²) in [4.78, 5) is 30.4. The number of carbonyl (C=O) groups excluding carboxylic acids is 2. The first-order valence-corrected chi connectivity index (χ1v) is 10.3. The van der Waals surface area contributed by atoms with Crippen LogP contribution in [0.25, 0.3) is 0 Å². The number of anilines is 2. The van der Waals surface area contributed by atoms with Crippen molar-refractivity contribution in [3.05, 3.63) is 90.3 Å². The first kappa shape index (κ1) is 21.5. The van der Waals surface area contributed by atoms with E-state index in [-0.39, 0.29) is 25.2 Å². The lowest BCUT2D eigenvalue weighted by Crippen LogP contribution is -2.52. The largest absolute Gasteiger partial charge is 0.394 e. The molecule has 3 amide bonds. The molecule has 0 aliphatic carbocycles. The summed E-state index contributed by atoms with van der Waals surface area (Å²) < 4.78 is 5.78. The van der Waals surface area contributed by atoms with Gasteiger partial charge in [0.25, 0.3) is 0 Å². The fourth-order valence-electron chi connectivity index (χ4n) is 3.68. The van der Waals surface area contributed by atoms with Gasteiger partial charge in [-0.3, -0.25) is 9.78 Å². The number of hydrogen-bond donors (Lipinski definition) is 3. The average molecular weight is 432 g/mol. The van der Waals surface area contributed by atoms with Crippen molar-refractivity contribution < 1.29 is 19.4 Å². The van der Waals surface area contributed by atoms with Gasteiger partial charge in [0.1, 0.15) is 12.7 Å². The van der Waals surface area contributed by atoms with Gasteiger partial charge in [0.15, 0.2) is 0 Å². The standard InChI is InChI=1S/C24H24N4O4/c29-15-21-23(32-16-22(30)28(21)14-17-5-4-12-25-13-17)18-8-10-20(11-9-18)27-24(31)26-19-6-2-1-3-7-19/h1-13,21,23,29H,14-16H2,(H2,26,27,31)/t21-,23-/m1/s1. The summed E-state index contributed by atoms with van der Waals surface area (Å²) in [5.41, 5.74) is 2.99. The van der Waals surface area contributed by atoms with Gasteiger partial charge in [-0.05, 0) is 41.5 Å². The third-order valence-corrected chi connectivity index (χ3v) is 5.25. The molecule has 1 aromatic heterocycles. The van der Waals surface area contributed by atoms with E-state index >= 15 is 0 Å². The molecule has 164 valence electrons. The van der Waals surface area contributed by atoms with Crippen LogP contribution in [0.2, 0.25) is 0 Å². The first-order valence-electron chi connectivity index (χ1n) is 10.3. The number of aliphatic hydroxyl groups is 1. The van der Waals surface area contributed by atoms with Gasteiger partial charge in [-0.25, -0.2) is 4.79 Å². The normalized spacial score (nSPS) is 18.3. The van der Waals surface area contributed by atoms with Gasteiger partial charge in [-0.1, -0.05) is 36.4 Å². The number of nitrogens with one attached hydrogen (secondary N) is 2. The maximum absolute atomic E-state index is 12.5. The van der Waals surface area contributed by atoms with Crippen LogP contribution in [-0.2, 0) is 16.1 Å². The second-order valence-electron chi connectivity index (χ2n) is 7.43. The van der Waals surface area contributed by atoms with E-state index in [1.54, 1.807) is 41.6 Å². The highest BCUT2D eigenvalue weighted by Crippen LogP contribution is 2.30. The predicted molar refractivity (Wildman–Crippen MR) is 120 cm³/mol. The van der Waals surface area contributed by atoms with E-state index in [9.17, 15) is 14.7 Å². The summed E-state index contributed by atoms with van der Waals surface area (Å²) in [5, 5.41) is 15.6. The predicted octanol–water partition coefficient (Wildman–Crippen LogP) is 3.19. The number of morpholine rings is 1. The van der Waals surface area contributed by atoms with E-state index in [0.717, 1.165) is 11.1 Å². The summed E-state index contributed by atoms with van der Waals surface area (Å²) in [6.45, 7) is 0.0358. The number of rotatable bonds is 6. The number of pyridine rings is 1. The molecule has 4 rings (SSSR count). The molecular formula is C24H24N4O4. The molecule has 1 fully saturated rings. The number of nitrogens with zero attached hydrogens (tertiary/aromatic N) is 2. The van der Waals surface area contributed by atoms with E-state index < -0.39 is 12.1 Å². The number of para-hydroxylation sites is 1. The van der Waals surface area contributed by atoms with Crippen LogP contribution < -0.4 is 10.6 Å². The highest BCUT2D eigenvalue weighted by Gasteiger charge is 2.37. The van der Waals surface area contributed by atoms with Crippen LogP contribution in [0.15, 0.2) is 79.1 Å². The number of aliphatic hydroxyl groups excluding tert-OH is 1. The fraction of sp³-hybridized carbons (Fsp3) is 0.208. The fourth-order valence-corrected chi connectivity index (χ4v) is 3.68. The number of hydrogen-bond acceptors (Lipinski definition) is 5. The van der Waals surface area contributed by atoms with Crippen LogP contribution in [0, 0.1) is 0 Å². The van der Waals surface area contributed by atoms with Crippen molar-refractivity contribution in [2.75, 3.05) is 23.8 Å². The molecule has 0 radical (unpaired) electrons. The van der Waals surface area contributed by atoms with Crippen molar-refractivity contribution in [3.63, 3.8) is 0 Å². The maximum Gasteiger partial charge on any atom is 0.323 e. The third kappa shape index (κ3) is 5.11. The van der Waals surface area contributed by atoms with Crippen molar-refractivity contribution in [1.29, 1.82) is 0 Å². The monoisotopic (exact) mass is 432 g/mol. The summed E-state index contributed by atoms with van der Waals surface area (Å²) in [6.07, 6.45) is 2.89. The topological polar surface area (TPSA) is 104 Å². The Kier molecular flexibility index (Phi) is 6.74. The Morgan fingerprint density at radius 2 is 1.75 bits per heavy atom.